The number of carbonyl (C=O) groups is 1. The summed E-state index contributed by atoms with van der Waals surface area (Å²) in [6.07, 6.45) is 2.02. The second kappa shape index (κ2) is 5.44. The maximum absolute atomic E-state index is 12.9. The monoisotopic (exact) mass is 255 g/mol. The van der Waals surface area contributed by atoms with Gasteiger partial charge in [0.2, 0.25) is 0 Å². The molecule has 98 valence electrons. The van der Waals surface area contributed by atoms with E-state index in [0.29, 0.717) is 24.9 Å². The summed E-state index contributed by atoms with van der Waals surface area (Å²) in [6.45, 7) is 0.525. The lowest BCUT2D eigenvalue weighted by Crippen LogP contribution is -2.48. The van der Waals surface area contributed by atoms with Crippen molar-refractivity contribution in [3.8, 4) is 0 Å². The van der Waals surface area contributed by atoms with Gasteiger partial charge in [-0.1, -0.05) is 0 Å². The fraction of sp³-hybridized carbons (Fsp3) is 0.462. The van der Waals surface area contributed by atoms with Crippen LogP contribution in [0.1, 0.15) is 18.4 Å². The molecule has 0 saturated heterocycles. The van der Waals surface area contributed by atoms with E-state index in [-0.39, 0.29) is 12.0 Å². The van der Waals surface area contributed by atoms with Crippen LogP contribution in [0.4, 0.5) is 8.78 Å². The molecule has 5 heteroatoms. The largest absolute Gasteiger partial charge is 0.481 e. The zero-order valence-electron chi connectivity index (χ0n) is 9.83. The van der Waals surface area contributed by atoms with Crippen molar-refractivity contribution in [1.29, 1.82) is 0 Å². The first-order valence-electron chi connectivity index (χ1n) is 5.97. The molecule has 0 spiro atoms. The molecular weight excluding hydrogens is 240 g/mol. The predicted octanol–water partition coefficient (Wildman–Crippen LogP) is 1.96. The number of benzene rings is 1. The maximum atomic E-state index is 12.9. The van der Waals surface area contributed by atoms with E-state index in [2.05, 4.69) is 5.32 Å². The van der Waals surface area contributed by atoms with Gasteiger partial charge in [0, 0.05) is 12.1 Å². The highest BCUT2D eigenvalue weighted by atomic mass is 19.1. The van der Waals surface area contributed by atoms with Crippen LogP contribution in [0.3, 0.4) is 0 Å². The van der Waals surface area contributed by atoms with Gasteiger partial charge in [0.15, 0.2) is 0 Å². The van der Waals surface area contributed by atoms with Crippen LogP contribution < -0.4 is 5.32 Å². The van der Waals surface area contributed by atoms with Gasteiger partial charge in [0.25, 0.3) is 0 Å². The van der Waals surface area contributed by atoms with Crippen molar-refractivity contribution in [3.05, 3.63) is 35.4 Å². The second-order valence-electron chi connectivity index (χ2n) is 4.61. The minimum Gasteiger partial charge on any atom is -0.481 e. The number of hydrogen-bond acceptors (Lipinski definition) is 2. The van der Waals surface area contributed by atoms with Crippen molar-refractivity contribution in [3.63, 3.8) is 0 Å². The molecule has 0 aromatic heterocycles. The summed E-state index contributed by atoms with van der Waals surface area (Å²) in [5.74, 6) is -2.28. The predicted molar refractivity (Wildman–Crippen MR) is 62.2 cm³/mol. The van der Waals surface area contributed by atoms with E-state index in [4.69, 9.17) is 5.11 Å². The Hall–Kier alpha value is -1.49. The van der Waals surface area contributed by atoms with Crippen molar-refractivity contribution >= 4 is 5.97 Å². The highest BCUT2D eigenvalue weighted by Crippen LogP contribution is 2.27. The molecule has 18 heavy (non-hydrogen) atoms. The Kier molecular flexibility index (Phi) is 3.91. The van der Waals surface area contributed by atoms with Crippen molar-refractivity contribution in [1.82, 2.24) is 5.32 Å². The average molecular weight is 255 g/mol. The van der Waals surface area contributed by atoms with Crippen LogP contribution in [0.25, 0.3) is 0 Å². The zero-order valence-corrected chi connectivity index (χ0v) is 9.83. The van der Waals surface area contributed by atoms with Crippen molar-refractivity contribution in [2.45, 2.75) is 25.3 Å². The molecule has 1 aromatic rings. The fourth-order valence-electron chi connectivity index (χ4n) is 2.20. The van der Waals surface area contributed by atoms with Gasteiger partial charge in [-0.05, 0) is 43.5 Å². The fourth-order valence-corrected chi connectivity index (χ4v) is 2.20. The molecule has 1 saturated carbocycles. The second-order valence-corrected chi connectivity index (χ2v) is 4.61. The van der Waals surface area contributed by atoms with Gasteiger partial charge in [-0.3, -0.25) is 4.79 Å². The Morgan fingerprint density at radius 2 is 1.94 bits per heavy atom. The van der Waals surface area contributed by atoms with Gasteiger partial charge in [-0.15, -0.1) is 0 Å². The van der Waals surface area contributed by atoms with Crippen LogP contribution in [0.5, 0.6) is 0 Å². The molecule has 0 aliphatic heterocycles. The number of nitrogens with one attached hydrogen (secondary N) is 1. The van der Waals surface area contributed by atoms with E-state index in [9.17, 15) is 13.6 Å². The van der Waals surface area contributed by atoms with Gasteiger partial charge >= 0.3 is 5.97 Å². The number of carboxylic acid groups (broad SMARTS) is 1. The van der Waals surface area contributed by atoms with Crippen LogP contribution in [-0.2, 0) is 11.2 Å². The SMILES string of the molecule is O=C(O)C1CCC1NCCc1cc(F)cc(F)c1. The Bertz CT molecular complexity index is 430. The van der Waals surface area contributed by atoms with E-state index in [1.165, 1.54) is 12.1 Å². The first-order chi connectivity index (χ1) is 8.56. The summed E-state index contributed by atoms with van der Waals surface area (Å²) < 4.78 is 25.8. The summed E-state index contributed by atoms with van der Waals surface area (Å²) in [7, 11) is 0. The van der Waals surface area contributed by atoms with Gasteiger partial charge in [0.1, 0.15) is 11.6 Å². The normalized spacial score (nSPS) is 22.6. The average Bonchev–Trinajstić information content (AvgIpc) is 2.20. The third-order valence-corrected chi connectivity index (χ3v) is 3.33. The van der Waals surface area contributed by atoms with Gasteiger partial charge in [-0.25, -0.2) is 8.78 Å². The minimum absolute atomic E-state index is 0.0130. The zero-order chi connectivity index (χ0) is 13.1. The quantitative estimate of drug-likeness (QED) is 0.845. The molecule has 0 bridgehead atoms. The molecule has 1 aliphatic carbocycles. The van der Waals surface area contributed by atoms with E-state index < -0.39 is 17.6 Å². The van der Waals surface area contributed by atoms with E-state index in [0.717, 1.165) is 12.5 Å². The van der Waals surface area contributed by atoms with Crippen molar-refractivity contribution < 1.29 is 18.7 Å². The number of halogens is 2. The Morgan fingerprint density at radius 3 is 2.44 bits per heavy atom. The standard InChI is InChI=1S/C13H15F2NO2/c14-9-5-8(6-10(15)7-9)3-4-16-12-2-1-11(12)13(17)18/h5-7,11-12,16H,1-4H2,(H,17,18). The highest BCUT2D eigenvalue weighted by molar-refractivity contribution is 5.72. The van der Waals surface area contributed by atoms with Gasteiger partial charge in [0.05, 0.1) is 5.92 Å². The van der Waals surface area contributed by atoms with Crippen LogP contribution in [0.2, 0.25) is 0 Å². The van der Waals surface area contributed by atoms with E-state index in [1.807, 2.05) is 0 Å². The molecule has 2 rings (SSSR count). The van der Waals surface area contributed by atoms with Crippen LogP contribution >= 0.6 is 0 Å². The topological polar surface area (TPSA) is 49.3 Å². The van der Waals surface area contributed by atoms with Gasteiger partial charge in [-0.2, -0.15) is 0 Å². The molecule has 2 N–H and O–H groups in total. The summed E-state index contributed by atoms with van der Waals surface area (Å²) in [6, 6.07) is 3.41. The summed E-state index contributed by atoms with van der Waals surface area (Å²) in [5, 5.41) is 12.0. The number of aliphatic carboxylic acids is 1. The minimum atomic E-state index is -0.782. The van der Waals surface area contributed by atoms with Crippen LogP contribution in [0.15, 0.2) is 18.2 Å². The molecule has 3 nitrogen and oxygen atoms in total. The third kappa shape index (κ3) is 3.04. The van der Waals surface area contributed by atoms with Crippen LogP contribution in [0, 0.1) is 17.6 Å². The molecular formula is C13H15F2NO2. The number of hydrogen-bond donors (Lipinski definition) is 2. The highest BCUT2D eigenvalue weighted by Gasteiger charge is 2.35. The maximum Gasteiger partial charge on any atom is 0.308 e. The lowest BCUT2D eigenvalue weighted by atomic mass is 9.79. The molecule has 0 amide bonds. The molecule has 2 atom stereocenters. The first-order valence-corrected chi connectivity index (χ1v) is 5.97. The molecule has 1 aromatic carbocycles. The first kappa shape index (κ1) is 13.0. The van der Waals surface area contributed by atoms with E-state index in [1.54, 1.807) is 0 Å². The summed E-state index contributed by atoms with van der Waals surface area (Å²) in [4.78, 5) is 10.8. The van der Waals surface area contributed by atoms with Crippen LogP contribution in [-0.4, -0.2) is 23.7 Å². The summed E-state index contributed by atoms with van der Waals surface area (Å²) in [5.41, 5.74) is 0.575. The molecule has 1 fully saturated rings. The molecule has 1 aliphatic rings. The Labute approximate surface area is 104 Å². The molecule has 2 unspecified atom stereocenters. The van der Waals surface area contributed by atoms with Crippen molar-refractivity contribution in [2.24, 2.45) is 5.92 Å². The Balaban J connectivity index is 1.80. The lowest BCUT2D eigenvalue weighted by Gasteiger charge is -2.34. The van der Waals surface area contributed by atoms with Crippen molar-refractivity contribution in [2.75, 3.05) is 6.54 Å². The molecule has 0 radical (unpaired) electrons. The lowest BCUT2D eigenvalue weighted by molar-refractivity contribution is -0.146. The summed E-state index contributed by atoms with van der Waals surface area (Å²) >= 11 is 0. The van der Waals surface area contributed by atoms with E-state index >= 15 is 0 Å². The smallest absolute Gasteiger partial charge is 0.308 e. The number of rotatable bonds is 5. The Morgan fingerprint density at radius 1 is 1.28 bits per heavy atom. The third-order valence-electron chi connectivity index (χ3n) is 3.33. The van der Waals surface area contributed by atoms with Gasteiger partial charge < -0.3 is 10.4 Å². The molecule has 0 heterocycles. The number of carboxylic acids is 1.